The van der Waals surface area contributed by atoms with Crippen molar-refractivity contribution in [1.29, 1.82) is 0 Å². The van der Waals surface area contributed by atoms with Crippen molar-refractivity contribution in [3.8, 4) is 5.88 Å². The maximum absolute atomic E-state index is 10.4. The van der Waals surface area contributed by atoms with Gasteiger partial charge in [0.15, 0.2) is 5.82 Å². The number of carboxylic acids is 1. The summed E-state index contributed by atoms with van der Waals surface area (Å²) < 4.78 is 9.88. The molecule has 0 radical (unpaired) electrons. The Kier molecular flexibility index (Phi) is 4.35. The second-order valence-corrected chi connectivity index (χ2v) is 4.47. The van der Waals surface area contributed by atoms with E-state index in [1.54, 1.807) is 19.4 Å². The molecule has 0 saturated carbocycles. The molecule has 0 spiro atoms. The third-order valence-electron chi connectivity index (χ3n) is 2.14. The van der Waals surface area contributed by atoms with Gasteiger partial charge in [-0.05, 0) is 5.56 Å². The second-order valence-electron chi connectivity index (χ2n) is 3.54. The summed E-state index contributed by atoms with van der Waals surface area (Å²) in [7, 11) is 1.55. The van der Waals surface area contributed by atoms with Gasteiger partial charge in [-0.15, -0.1) is 0 Å². The van der Waals surface area contributed by atoms with Crippen LogP contribution < -0.4 is 4.74 Å². The minimum atomic E-state index is -0.927. The van der Waals surface area contributed by atoms with Gasteiger partial charge in [0.2, 0.25) is 5.88 Å². The van der Waals surface area contributed by atoms with Gasteiger partial charge in [-0.3, -0.25) is 4.79 Å². The molecule has 0 unspecified atom stereocenters. The third kappa shape index (κ3) is 3.95. The van der Waals surface area contributed by atoms with E-state index in [0.29, 0.717) is 18.1 Å². The summed E-state index contributed by atoms with van der Waals surface area (Å²) in [5.41, 5.74) is 0.913. The molecule has 7 nitrogen and oxygen atoms in total. The van der Waals surface area contributed by atoms with Crippen LogP contribution in [0.25, 0.3) is 0 Å². The Bertz CT molecular complexity index is 555. The lowest BCUT2D eigenvalue weighted by Gasteiger charge is -1.99. The van der Waals surface area contributed by atoms with Crippen LogP contribution in [0, 0.1) is 0 Å². The molecule has 0 aromatic carbocycles. The molecule has 2 rings (SSSR count). The predicted octanol–water partition coefficient (Wildman–Crippen LogP) is 1.24. The molecule has 8 heteroatoms. The van der Waals surface area contributed by atoms with Crippen molar-refractivity contribution in [2.75, 3.05) is 12.9 Å². The van der Waals surface area contributed by atoms with E-state index in [2.05, 4.69) is 15.1 Å². The highest BCUT2D eigenvalue weighted by Gasteiger charge is 2.09. The van der Waals surface area contributed by atoms with Gasteiger partial charge in [-0.25, -0.2) is 4.98 Å². The van der Waals surface area contributed by atoms with Gasteiger partial charge in [-0.2, -0.15) is 4.98 Å². The first-order valence-corrected chi connectivity index (χ1v) is 6.32. The number of ether oxygens (including phenoxy) is 1. The molecule has 1 N–H and O–H groups in total. The number of hydrogen-bond donors (Lipinski definition) is 1. The fraction of sp³-hybridized carbons (Fsp3) is 0.273. The summed E-state index contributed by atoms with van der Waals surface area (Å²) >= 11 is 0.991. The maximum Gasteiger partial charge on any atom is 0.314 e. The lowest BCUT2D eigenvalue weighted by molar-refractivity contribution is -0.133. The third-order valence-corrected chi connectivity index (χ3v) is 2.94. The van der Waals surface area contributed by atoms with Gasteiger partial charge >= 0.3 is 5.97 Å². The van der Waals surface area contributed by atoms with Crippen LogP contribution in [-0.2, 0) is 11.2 Å². The molecule has 0 fully saturated rings. The molecule has 0 amide bonds. The molecule has 2 heterocycles. The zero-order chi connectivity index (χ0) is 13.7. The molecule has 0 saturated heterocycles. The number of carbonyl (C=O) groups is 1. The Hall–Kier alpha value is -2.09. The summed E-state index contributed by atoms with van der Waals surface area (Å²) in [6, 6.07) is 3.60. The zero-order valence-corrected chi connectivity index (χ0v) is 10.9. The van der Waals surface area contributed by atoms with E-state index in [1.165, 1.54) is 0 Å². The first-order valence-electron chi connectivity index (χ1n) is 5.33. The van der Waals surface area contributed by atoms with Crippen LogP contribution >= 0.6 is 11.8 Å². The number of rotatable bonds is 6. The van der Waals surface area contributed by atoms with Crippen LogP contribution in [0.5, 0.6) is 5.88 Å². The van der Waals surface area contributed by atoms with E-state index in [4.69, 9.17) is 14.4 Å². The highest BCUT2D eigenvalue weighted by molar-refractivity contribution is 7.99. The normalized spacial score (nSPS) is 10.4. The van der Waals surface area contributed by atoms with Gasteiger partial charge in [0.1, 0.15) is 5.75 Å². The number of carboxylic acid groups (broad SMARTS) is 1. The molecular formula is C11H11N3O4S. The van der Waals surface area contributed by atoms with Crippen LogP contribution in [0.2, 0.25) is 0 Å². The number of nitrogens with zero attached hydrogens (tertiary/aromatic N) is 3. The molecule has 100 valence electrons. The molecule has 2 aromatic rings. The molecule has 0 atom stereocenters. The zero-order valence-electron chi connectivity index (χ0n) is 10.1. The van der Waals surface area contributed by atoms with Crippen LogP contribution in [0.1, 0.15) is 11.4 Å². The van der Waals surface area contributed by atoms with Gasteiger partial charge in [0.05, 0.1) is 7.11 Å². The van der Waals surface area contributed by atoms with Crippen molar-refractivity contribution < 1.29 is 19.2 Å². The molecule has 2 aromatic heterocycles. The average molecular weight is 281 g/mol. The highest BCUT2D eigenvalue weighted by Crippen LogP contribution is 2.16. The average Bonchev–Trinajstić information content (AvgIpc) is 2.85. The Balaban J connectivity index is 1.96. The molecule has 0 bridgehead atoms. The number of thioether (sulfide) groups is 1. The minimum Gasteiger partial charge on any atom is -0.481 e. The molecule has 0 aliphatic rings. The molecule has 0 aliphatic heterocycles. The van der Waals surface area contributed by atoms with Crippen LogP contribution in [0.3, 0.4) is 0 Å². The van der Waals surface area contributed by atoms with Crippen molar-refractivity contribution in [3.63, 3.8) is 0 Å². The van der Waals surface area contributed by atoms with Crippen LogP contribution in [-0.4, -0.2) is 39.1 Å². The Morgan fingerprint density at radius 3 is 3.00 bits per heavy atom. The van der Waals surface area contributed by atoms with Crippen LogP contribution in [0.4, 0.5) is 0 Å². The second kappa shape index (κ2) is 6.19. The number of pyridine rings is 1. The van der Waals surface area contributed by atoms with Crippen LogP contribution in [0.15, 0.2) is 28.1 Å². The van der Waals surface area contributed by atoms with Crippen molar-refractivity contribution in [2.45, 2.75) is 11.6 Å². The quantitative estimate of drug-likeness (QED) is 0.790. The van der Waals surface area contributed by atoms with E-state index >= 15 is 0 Å². The standard InChI is InChI=1S/C11H11N3O4S/c1-17-9-3-2-7(5-12-9)4-8-13-11(18-14-8)19-6-10(15)16/h2-3,5H,4,6H2,1H3,(H,15,16). The van der Waals surface area contributed by atoms with E-state index in [1.807, 2.05) is 6.07 Å². The van der Waals surface area contributed by atoms with Crippen molar-refractivity contribution in [1.82, 2.24) is 15.1 Å². The Labute approximate surface area is 113 Å². The first-order chi connectivity index (χ1) is 9.17. The summed E-state index contributed by atoms with van der Waals surface area (Å²) in [4.78, 5) is 18.6. The summed E-state index contributed by atoms with van der Waals surface area (Å²) in [5.74, 6) is -0.00958. The van der Waals surface area contributed by atoms with Crippen molar-refractivity contribution in [2.24, 2.45) is 0 Å². The number of aromatic nitrogens is 3. The lowest BCUT2D eigenvalue weighted by atomic mass is 10.2. The molecule has 0 aliphatic carbocycles. The van der Waals surface area contributed by atoms with E-state index in [0.717, 1.165) is 17.3 Å². The largest absolute Gasteiger partial charge is 0.481 e. The van der Waals surface area contributed by atoms with Crippen molar-refractivity contribution in [3.05, 3.63) is 29.7 Å². The smallest absolute Gasteiger partial charge is 0.314 e. The molecular weight excluding hydrogens is 270 g/mol. The topological polar surface area (TPSA) is 98.3 Å². The van der Waals surface area contributed by atoms with Gasteiger partial charge in [0.25, 0.3) is 5.22 Å². The Morgan fingerprint density at radius 1 is 1.53 bits per heavy atom. The SMILES string of the molecule is COc1ccc(Cc2noc(SCC(=O)O)n2)cn1. The fourth-order valence-electron chi connectivity index (χ4n) is 1.31. The summed E-state index contributed by atoms with van der Waals surface area (Å²) in [6.45, 7) is 0. The maximum atomic E-state index is 10.4. The highest BCUT2D eigenvalue weighted by atomic mass is 32.2. The minimum absolute atomic E-state index is 0.105. The monoisotopic (exact) mass is 281 g/mol. The number of hydrogen-bond acceptors (Lipinski definition) is 7. The van der Waals surface area contributed by atoms with E-state index < -0.39 is 5.97 Å². The van der Waals surface area contributed by atoms with E-state index in [-0.39, 0.29) is 11.0 Å². The predicted molar refractivity (Wildman–Crippen MR) is 66.3 cm³/mol. The summed E-state index contributed by atoms with van der Waals surface area (Å²) in [5, 5.41) is 12.6. The molecule has 19 heavy (non-hydrogen) atoms. The Morgan fingerprint density at radius 2 is 2.37 bits per heavy atom. The summed E-state index contributed by atoms with van der Waals surface area (Å²) in [6.07, 6.45) is 2.13. The van der Waals surface area contributed by atoms with E-state index in [9.17, 15) is 4.79 Å². The van der Waals surface area contributed by atoms with Gasteiger partial charge < -0.3 is 14.4 Å². The van der Waals surface area contributed by atoms with Gasteiger partial charge in [0, 0.05) is 18.7 Å². The number of methoxy groups -OCH3 is 1. The first kappa shape index (κ1) is 13.3. The fourth-order valence-corrected chi connectivity index (χ4v) is 1.82. The van der Waals surface area contributed by atoms with Gasteiger partial charge in [-0.1, -0.05) is 23.0 Å². The lowest BCUT2D eigenvalue weighted by Crippen LogP contribution is -1.97. The number of aliphatic carboxylic acids is 1. The van der Waals surface area contributed by atoms with Crippen molar-refractivity contribution >= 4 is 17.7 Å².